The van der Waals surface area contributed by atoms with E-state index in [1.54, 1.807) is 18.2 Å². The van der Waals surface area contributed by atoms with Crippen molar-refractivity contribution in [2.75, 3.05) is 31.6 Å². The zero-order chi connectivity index (χ0) is 15.0. The molecule has 0 heterocycles. The molecule has 0 aliphatic carbocycles. The highest BCUT2D eigenvalue weighted by molar-refractivity contribution is 7.89. The number of carbonyl (C=O) groups is 1. The first-order valence-corrected chi connectivity index (χ1v) is 7.64. The lowest BCUT2D eigenvalue weighted by molar-refractivity contribution is -0.122. The number of primary amides is 1. The number of carbonyl (C=O) groups excluding carboxylic acids is 1. The van der Waals surface area contributed by atoms with Crippen molar-refractivity contribution in [1.82, 2.24) is 4.72 Å². The van der Waals surface area contributed by atoms with Gasteiger partial charge in [0.25, 0.3) is 0 Å². The summed E-state index contributed by atoms with van der Waals surface area (Å²) in [5.41, 5.74) is 5.44. The van der Waals surface area contributed by atoms with Gasteiger partial charge in [-0.3, -0.25) is 4.79 Å². The van der Waals surface area contributed by atoms with Gasteiger partial charge < -0.3 is 15.8 Å². The number of hydrogen-bond donors (Lipinski definition) is 3. The van der Waals surface area contributed by atoms with Crippen molar-refractivity contribution < 1.29 is 17.9 Å². The van der Waals surface area contributed by atoms with Crippen molar-refractivity contribution in [1.29, 1.82) is 0 Å². The van der Waals surface area contributed by atoms with Gasteiger partial charge in [0.15, 0.2) is 0 Å². The first kappa shape index (κ1) is 16.4. The third kappa shape index (κ3) is 5.16. The van der Waals surface area contributed by atoms with E-state index in [4.69, 9.17) is 10.5 Å². The second-order valence-corrected chi connectivity index (χ2v) is 5.68. The SMILES string of the molecule is CCNc1ccccc1S(=O)(=O)NCCOCC(N)=O. The summed E-state index contributed by atoms with van der Waals surface area (Å²) in [7, 11) is -3.62. The van der Waals surface area contributed by atoms with Crippen LogP contribution in [0.4, 0.5) is 5.69 Å². The second kappa shape index (κ2) is 7.83. The Morgan fingerprint density at radius 3 is 2.70 bits per heavy atom. The molecular formula is C12H19N3O4S. The maximum atomic E-state index is 12.1. The van der Waals surface area contributed by atoms with Crippen LogP contribution in [0.2, 0.25) is 0 Å². The fourth-order valence-electron chi connectivity index (χ4n) is 1.54. The van der Waals surface area contributed by atoms with Crippen LogP contribution in [0.15, 0.2) is 29.2 Å². The number of rotatable bonds is 9. The molecule has 1 amide bonds. The lowest BCUT2D eigenvalue weighted by Crippen LogP contribution is -2.29. The lowest BCUT2D eigenvalue weighted by Gasteiger charge is -2.12. The predicted molar refractivity (Wildman–Crippen MR) is 75.8 cm³/mol. The Bertz CT molecular complexity index is 545. The molecule has 0 bridgehead atoms. The summed E-state index contributed by atoms with van der Waals surface area (Å²) in [5.74, 6) is -0.592. The van der Waals surface area contributed by atoms with Crippen LogP contribution in [-0.2, 0) is 19.6 Å². The van der Waals surface area contributed by atoms with Gasteiger partial charge >= 0.3 is 0 Å². The average molecular weight is 301 g/mol. The largest absolute Gasteiger partial charge is 0.384 e. The summed E-state index contributed by atoms with van der Waals surface area (Å²) >= 11 is 0. The van der Waals surface area contributed by atoms with Gasteiger partial charge in [-0.15, -0.1) is 0 Å². The number of hydrogen-bond acceptors (Lipinski definition) is 5. The Morgan fingerprint density at radius 1 is 1.35 bits per heavy atom. The first-order valence-electron chi connectivity index (χ1n) is 6.16. The van der Waals surface area contributed by atoms with E-state index in [2.05, 4.69) is 10.0 Å². The Morgan fingerprint density at radius 2 is 2.05 bits per heavy atom. The van der Waals surface area contributed by atoms with Gasteiger partial charge in [0.05, 0.1) is 12.3 Å². The molecule has 0 unspecified atom stereocenters. The molecule has 0 spiro atoms. The molecule has 0 aliphatic heterocycles. The smallest absolute Gasteiger partial charge is 0.243 e. The molecule has 7 nitrogen and oxygen atoms in total. The summed E-state index contributed by atoms with van der Waals surface area (Å²) in [5, 5.41) is 2.99. The van der Waals surface area contributed by atoms with E-state index in [-0.39, 0.29) is 24.7 Å². The number of amides is 1. The van der Waals surface area contributed by atoms with Crippen LogP contribution < -0.4 is 15.8 Å². The van der Waals surface area contributed by atoms with Crippen molar-refractivity contribution in [3.05, 3.63) is 24.3 Å². The van der Waals surface area contributed by atoms with Crippen LogP contribution in [0, 0.1) is 0 Å². The lowest BCUT2D eigenvalue weighted by atomic mass is 10.3. The molecule has 0 aromatic heterocycles. The molecular weight excluding hydrogens is 282 g/mol. The first-order chi connectivity index (χ1) is 9.47. The van der Waals surface area contributed by atoms with E-state index in [9.17, 15) is 13.2 Å². The summed E-state index contributed by atoms with van der Waals surface area (Å²) in [4.78, 5) is 10.6. The van der Waals surface area contributed by atoms with Crippen molar-refractivity contribution in [3.8, 4) is 0 Å². The summed E-state index contributed by atoms with van der Waals surface area (Å²) < 4.78 is 31.5. The summed E-state index contributed by atoms with van der Waals surface area (Å²) in [6.45, 7) is 2.42. The minimum Gasteiger partial charge on any atom is -0.384 e. The fourth-order valence-corrected chi connectivity index (χ4v) is 2.73. The van der Waals surface area contributed by atoms with E-state index in [0.29, 0.717) is 12.2 Å². The van der Waals surface area contributed by atoms with Gasteiger partial charge in [-0.2, -0.15) is 0 Å². The fraction of sp³-hybridized carbons (Fsp3) is 0.417. The van der Waals surface area contributed by atoms with Gasteiger partial charge in [-0.1, -0.05) is 12.1 Å². The molecule has 8 heteroatoms. The second-order valence-electron chi connectivity index (χ2n) is 3.94. The molecule has 0 atom stereocenters. The zero-order valence-electron chi connectivity index (χ0n) is 11.3. The van der Waals surface area contributed by atoms with Crippen LogP contribution in [0.25, 0.3) is 0 Å². The number of ether oxygens (including phenoxy) is 1. The Labute approximate surface area is 118 Å². The number of nitrogens with one attached hydrogen (secondary N) is 2. The summed E-state index contributed by atoms with van der Waals surface area (Å²) in [6.07, 6.45) is 0. The third-order valence-corrected chi connectivity index (χ3v) is 3.85. The molecule has 4 N–H and O–H groups in total. The van der Waals surface area contributed by atoms with Crippen molar-refractivity contribution in [3.63, 3.8) is 0 Å². The van der Waals surface area contributed by atoms with Crippen LogP contribution >= 0.6 is 0 Å². The third-order valence-electron chi connectivity index (χ3n) is 2.33. The van der Waals surface area contributed by atoms with Gasteiger partial charge in [0.2, 0.25) is 15.9 Å². The normalized spacial score (nSPS) is 11.2. The van der Waals surface area contributed by atoms with E-state index in [1.807, 2.05) is 6.92 Å². The maximum absolute atomic E-state index is 12.1. The highest BCUT2D eigenvalue weighted by atomic mass is 32.2. The molecule has 20 heavy (non-hydrogen) atoms. The number of benzene rings is 1. The monoisotopic (exact) mass is 301 g/mol. The Balaban J connectivity index is 2.62. The topological polar surface area (TPSA) is 111 Å². The number of anilines is 1. The molecule has 0 saturated carbocycles. The van der Waals surface area contributed by atoms with Gasteiger partial charge in [0.1, 0.15) is 11.5 Å². The predicted octanol–water partition coefficient (Wildman–Crippen LogP) is -0.101. The highest BCUT2D eigenvalue weighted by Gasteiger charge is 2.17. The van der Waals surface area contributed by atoms with E-state index >= 15 is 0 Å². The molecule has 0 fully saturated rings. The van der Waals surface area contributed by atoms with Gasteiger partial charge in [-0.05, 0) is 19.1 Å². The average Bonchev–Trinajstić information content (AvgIpc) is 2.38. The Kier molecular flexibility index (Phi) is 6.43. The molecule has 0 saturated heterocycles. The molecule has 0 aliphatic rings. The van der Waals surface area contributed by atoms with E-state index in [1.165, 1.54) is 6.07 Å². The van der Waals surface area contributed by atoms with Crippen LogP contribution in [0.1, 0.15) is 6.92 Å². The van der Waals surface area contributed by atoms with E-state index in [0.717, 1.165) is 0 Å². The number of para-hydroxylation sites is 1. The molecule has 1 rings (SSSR count). The molecule has 0 radical (unpaired) electrons. The minimum atomic E-state index is -3.62. The number of sulfonamides is 1. The van der Waals surface area contributed by atoms with Crippen molar-refractivity contribution >= 4 is 21.6 Å². The minimum absolute atomic E-state index is 0.0655. The Hall–Kier alpha value is -1.64. The molecule has 1 aromatic rings. The maximum Gasteiger partial charge on any atom is 0.243 e. The molecule has 112 valence electrons. The number of nitrogens with two attached hydrogens (primary N) is 1. The quantitative estimate of drug-likeness (QED) is 0.552. The van der Waals surface area contributed by atoms with Crippen molar-refractivity contribution in [2.24, 2.45) is 5.73 Å². The van der Waals surface area contributed by atoms with Crippen LogP contribution in [0.3, 0.4) is 0 Å². The zero-order valence-corrected chi connectivity index (χ0v) is 12.1. The van der Waals surface area contributed by atoms with Gasteiger partial charge in [-0.25, -0.2) is 13.1 Å². The van der Waals surface area contributed by atoms with E-state index < -0.39 is 15.9 Å². The van der Waals surface area contributed by atoms with Crippen LogP contribution in [0.5, 0.6) is 0 Å². The van der Waals surface area contributed by atoms with Crippen molar-refractivity contribution in [2.45, 2.75) is 11.8 Å². The standard InChI is InChI=1S/C12H19N3O4S/c1-2-14-10-5-3-4-6-11(10)20(17,18)15-7-8-19-9-12(13)16/h3-6,14-15H,2,7-9H2,1H3,(H2,13,16). The molecule has 1 aromatic carbocycles. The highest BCUT2D eigenvalue weighted by Crippen LogP contribution is 2.19. The van der Waals surface area contributed by atoms with Crippen LogP contribution in [-0.4, -0.2) is 40.6 Å². The van der Waals surface area contributed by atoms with Gasteiger partial charge in [0, 0.05) is 13.1 Å². The summed E-state index contributed by atoms with van der Waals surface area (Å²) in [6, 6.07) is 6.62.